The van der Waals surface area contributed by atoms with Gasteiger partial charge in [-0.1, -0.05) is 6.92 Å². The van der Waals surface area contributed by atoms with Crippen molar-refractivity contribution in [1.82, 2.24) is 14.5 Å². The Kier molecular flexibility index (Phi) is 3.56. The highest BCUT2D eigenvalue weighted by Crippen LogP contribution is 2.14. The van der Waals surface area contributed by atoms with Gasteiger partial charge in [0.05, 0.1) is 6.54 Å². The SMILES string of the molecule is CCc1cnc(CNc2nccn2CC)s1. The molecule has 86 valence electrons. The van der Waals surface area contributed by atoms with Crippen LogP contribution in [0.15, 0.2) is 18.6 Å². The zero-order valence-corrected chi connectivity index (χ0v) is 10.4. The highest BCUT2D eigenvalue weighted by molar-refractivity contribution is 7.11. The maximum absolute atomic E-state index is 4.36. The van der Waals surface area contributed by atoms with E-state index in [1.54, 1.807) is 11.3 Å². The molecular formula is C11H16N4S. The normalized spacial score (nSPS) is 10.6. The van der Waals surface area contributed by atoms with Crippen molar-refractivity contribution in [3.05, 3.63) is 28.5 Å². The third-order valence-electron chi connectivity index (χ3n) is 2.40. The summed E-state index contributed by atoms with van der Waals surface area (Å²) in [6, 6.07) is 0. The molecule has 0 saturated carbocycles. The lowest BCUT2D eigenvalue weighted by Gasteiger charge is -2.05. The number of nitrogens with one attached hydrogen (secondary N) is 1. The van der Waals surface area contributed by atoms with Crippen LogP contribution in [0.5, 0.6) is 0 Å². The Bertz CT molecular complexity index is 446. The zero-order valence-electron chi connectivity index (χ0n) is 9.60. The standard InChI is InChI=1S/C11H16N4S/c1-3-9-7-13-10(16-9)8-14-11-12-5-6-15(11)4-2/h5-7H,3-4,8H2,1-2H3,(H,12,14). The molecule has 0 aliphatic carbocycles. The van der Waals surface area contributed by atoms with Crippen LogP contribution in [0, 0.1) is 0 Å². The first-order valence-electron chi connectivity index (χ1n) is 5.52. The van der Waals surface area contributed by atoms with Crippen molar-refractivity contribution in [2.24, 2.45) is 0 Å². The summed E-state index contributed by atoms with van der Waals surface area (Å²) >= 11 is 1.76. The maximum atomic E-state index is 4.36. The lowest BCUT2D eigenvalue weighted by Crippen LogP contribution is -2.05. The number of thiazole rings is 1. The maximum Gasteiger partial charge on any atom is 0.203 e. The summed E-state index contributed by atoms with van der Waals surface area (Å²) in [5.41, 5.74) is 0. The van der Waals surface area contributed by atoms with Crippen LogP contribution in [0.2, 0.25) is 0 Å². The molecule has 0 spiro atoms. The fraction of sp³-hybridized carbons (Fsp3) is 0.455. The van der Waals surface area contributed by atoms with Crippen LogP contribution in [0.4, 0.5) is 5.95 Å². The van der Waals surface area contributed by atoms with E-state index in [9.17, 15) is 0 Å². The Morgan fingerprint density at radius 2 is 2.25 bits per heavy atom. The van der Waals surface area contributed by atoms with E-state index in [-0.39, 0.29) is 0 Å². The number of aryl methyl sites for hydroxylation is 2. The third-order valence-corrected chi connectivity index (χ3v) is 3.55. The molecule has 0 saturated heterocycles. The summed E-state index contributed by atoms with van der Waals surface area (Å²) in [6.07, 6.45) is 6.79. The van der Waals surface area contributed by atoms with Gasteiger partial charge in [-0.25, -0.2) is 9.97 Å². The van der Waals surface area contributed by atoms with Gasteiger partial charge in [0, 0.05) is 30.0 Å². The third kappa shape index (κ3) is 2.41. The molecule has 2 rings (SSSR count). The Labute approximate surface area is 99.4 Å². The van der Waals surface area contributed by atoms with Gasteiger partial charge in [-0.15, -0.1) is 11.3 Å². The monoisotopic (exact) mass is 236 g/mol. The van der Waals surface area contributed by atoms with Gasteiger partial charge in [-0.05, 0) is 13.3 Å². The van der Waals surface area contributed by atoms with Crippen LogP contribution in [0.1, 0.15) is 23.7 Å². The fourth-order valence-electron chi connectivity index (χ4n) is 1.48. The van der Waals surface area contributed by atoms with E-state index in [1.807, 2.05) is 18.6 Å². The summed E-state index contributed by atoms with van der Waals surface area (Å²) in [5, 5.41) is 4.41. The topological polar surface area (TPSA) is 42.7 Å². The van der Waals surface area contributed by atoms with Crippen LogP contribution >= 0.6 is 11.3 Å². The minimum atomic E-state index is 0.752. The molecule has 2 aromatic heterocycles. The summed E-state index contributed by atoms with van der Waals surface area (Å²) in [4.78, 5) is 9.95. The Hall–Kier alpha value is -1.36. The molecule has 0 aliphatic rings. The minimum Gasteiger partial charge on any atom is -0.349 e. The Balaban J connectivity index is 1.96. The lowest BCUT2D eigenvalue weighted by molar-refractivity contribution is 0.763. The van der Waals surface area contributed by atoms with E-state index in [1.165, 1.54) is 4.88 Å². The quantitative estimate of drug-likeness (QED) is 0.867. The molecule has 4 nitrogen and oxygen atoms in total. The first-order valence-corrected chi connectivity index (χ1v) is 6.33. The number of hydrogen-bond acceptors (Lipinski definition) is 4. The second-order valence-electron chi connectivity index (χ2n) is 3.46. The van der Waals surface area contributed by atoms with Crippen molar-refractivity contribution in [3.63, 3.8) is 0 Å². The summed E-state index contributed by atoms with van der Waals surface area (Å²) < 4.78 is 2.08. The van der Waals surface area contributed by atoms with Crippen LogP contribution < -0.4 is 5.32 Å². The predicted octanol–water partition coefficient (Wildman–Crippen LogP) is 2.53. The van der Waals surface area contributed by atoms with E-state index < -0.39 is 0 Å². The average Bonchev–Trinajstić information content (AvgIpc) is 2.94. The van der Waals surface area contributed by atoms with Crippen LogP contribution in [0.3, 0.4) is 0 Å². The van der Waals surface area contributed by atoms with E-state index in [2.05, 4.69) is 33.7 Å². The highest BCUT2D eigenvalue weighted by atomic mass is 32.1. The predicted molar refractivity (Wildman–Crippen MR) is 66.7 cm³/mol. The molecule has 5 heteroatoms. The first-order chi connectivity index (χ1) is 7.83. The number of anilines is 1. The van der Waals surface area contributed by atoms with Crippen LogP contribution in [0.25, 0.3) is 0 Å². The number of aromatic nitrogens is 3. The van der Waals surface area contributed by atoms with E-state index in [0.29, 0.717) is 0 Å². The molecule has 0 bridgehead atoms. The van der Waals surface area contributed by atoms with Gasteiger partial charge >= 0.3 is 0 Å². The Morgan fingerprint density at radius 3 is 2.94 bits per heavy atom. The molecule has 0 amide bonds. The van der Waals surface area contributed by atoms with Crippen molar-refractivity contribution in [2.75, 3.05) is 5.32 Å². The van der Waals surface area contributed by atoms with Gasteiger partial charge in [0.2, 0.25) is 5.95 Å². The molecular weight excluding hydrogens is 220 g/mol. The average molecular weight is 236 g/mol. The Morgan fingerprint density at radius 1 is 1.38 bits per heavy atom. The van der Waals surface area contributed by atoms with Crippen LogP contribution in [-0.2, 0) is 19.5 Å². The second-order valence-corrected chi connectivity index (χ2v) is 4.66. The molecule has 0 unspecified atom stereocenters. The molecule has 0 aliphatic heterocycles. The van der Waals surface area contributed by atoms with Gasteiger partial charge in [-0.3, -0.25) is 0 Å². The smallest absolute Gasteiger partial charge is 0.203 e. The van der Waals surface area contributed by atoms with Gasteiger partial charge in [-0.2, -0.15) is 0 Å². The molecule has 0 fully saturated rings. The van der Waals surface area contributed by atoms with E-state index in [4.69, 9.17) is 0 Å². The van der Waals surface area contributed by atoms with Crippen LogP contribution in [-0.4, -0.2) is 14.5 Å². The van der Waals surface area contributed by atoms with Crippen molar-refractivity contribution in [1.29, 1.82) is 0 Å². The number of rotatable bonds is 5. The van der Waals surface area contributed by atoms with Crippen molar-refractivity contribution in [2.45, 2.75) is 33.4 Å². The fourth-order valence-corrected chi connectivity index (χ4v) is 2.28. The molecule has 0 atom stereocenters. The minimum absolute atomic E-state index is 0.752. The molecule has 0 aromatic carbocycles. The van der Waals surface area contributed by atoms with Gasteiger partial charge in [0.1, 0.15) is 5.01 Å². The number of nitrogens with zero attached hydrogens (tertiary/aromatic N) is 3. The summed E-state index contributed by atoms with van der Waals surface area (Å²) in [7, 11) is 0. The number of imidazole rings is 1. The van der Waals surface area contributed by atoms with Gasteiger partial charge in [0.15, 0.2) is 0 Å². The van der Waals surface area contributed by atoms with E-state index >= 15 is 0 Å². The summed E-state index contributed by atoms with van der Waals surface area (Å²) in [5.74, 6) is 0.913. The molecule has 1 N–H and O–H groups in total. The molecule has 16 heavy (non-hydrogen) atoms. The molecule has 2 aromatic rings. The van der Waals surface area contributed by atoms with E-state index in [0.717, 1.165) is 30.5 Å². The van der Waals surface area contributed by atoms with Gasteiger partial charge < -0.3 is 9.88 Å². The van der Waals surface area contributed by atoms with Crippen molar-refractivity contribution >= 4 is 17.3 Å². The second kappa shape index (κ2) is 5.12. The molecule has 2 heterocycles. The number of hydrogen-bond donors (Lipinski definition) is 1. The largest absolute Gasteiger partial charge is 0.349 e. The van der Waals surface area contributed by atoms with Gasteiger partial charge in [0.25, 0.3) is 0 Å². The van der Waals surface area contributed by atoms with Crippen molar-refractivity contribution < 1.29 is 0 Å². The lowest BCUT2D eigenvalue weighted by atomic mass is 10.4. The molecule has 0 radical (unpaired) electrons. The van der Waals surface area contributed by atoms with Crippen molar-refractivity contribution in [3.8, 4) is 0 Å². The highest BCUT2D eigenvalue weighted by Gasteiger charge is 2.03. The first kappa shape index (κ1) is 11.1. The zero-order chi connectivity index (χ0) is 11.4. The summed E-state index contributed by atoms with van der Waals surface area (Å²) in [6.45, 7) is 5.93.